The Bertz CT molecular complexity index is 386. The fraction of sp³-hybridized carbons (Fsp3) is 0.917. The molecule has 0 aromatic carbocycles. The molecule has 0 unspecified atom stereocenters. The van der Waals surface area contributed by atoms with Gasteiger partial charge in [-0.1, -0.05) is 13.8 Å². The van der Waals surface area contributed by atoms with Gasteiger partial charge < -0.3 is 10.6 Å². The molecule has 114 valence electrons. The van der Waals surface area contributed by atoms with Gasteiger partial charge in [-0.05, 0) is 19.3 Å². The van der Waals surface area contributed by atoms with Gasteiger partial charge in [0.25, 0.3) is 0 Å². The van der Waals surface area contributed by atoms with Crippen LogP contribution in [0, 0.1) is 5.41 Å². The maximum absolute atomic E-state index is 12.5. The first-order chi connectivity index (χ1) is 8.40. The monoisotopic (exact) mass is 312 g/mol. The molecule has 0 aromatic rings. The molecule has 0 aliphatic carbocycles. The zero-order chi connectivity index (χ0) is 13.8. The lowest BCUT2D eigenvalue weighted by molar-refractivity contribution is -0.141. The normalized spacial score (nSPS) is 19.4. The highest BCUT2D eigenvalue weighted by atomic mass is 35.5. The van der Waals surface area contributed by atoms with E-state index in [1.165, 1.54) is 0 Å². The van der Waals surface area contributed by atoms with E-state index in [0.717, 1.165) is 0 Å². The van der Waals surface area contributed by atoms with Gasteiger partial charge in [-0.15, -0.1) is 12.4 Å². The lowest BCUT2D eigenvalue weighted by atomic mass is 9.81. The Hall–Kier alpha value is -0.330. The smallest absolute Gasteiger partial charge is 0.230 e. The highest BCUT2D eigenvalue weighted by molar-refractivity contribution is 7.91. The van der Waals surface area contributed by atoms with Crippen LogP contribution >= 0.6 is 12.4 Å². The minimum atomic E-state index is -2.98. The van der Waals surface area contributed by atoms with Crippen LogP contribution in [0.4, 0.5) is 0 Å². The lowest BCUT2D eigenvalue weighted by Crippen LogP contribution is -2.48. The van der Waals surface area contributed by atoms with Crippen LogP contribution < -0.4 is 5.73 Å². The van der Waals surface area contributed by atoms with Crippen molar-refractivity contribution in [3.63, 3.8) is 0 Å². The third kappa shape index (κ3) is 4.33. The zero-order valence-electron chi connectivity index (χ0n) is 11.7. The summed E-state index contributed by atoms with van der Waals surface area (Å²) in [5, 5.41) is 0. The first kappa shape index (κ1) is 18.7. The highest BCUT2D eigenvalue weighted by Gasteiger charge is 2.37. The van der Waals surface area contributed by atoms with Gasteiger partial charge in [-0.25, -0.2) is 8.42 Å². The van der Waals surface area contributed by atoms with Gasteiger partial charge in [0.15, 0.2) is 9.84 Å². The molecule has 7 heteroatoms. The van der Waals surface area contributed by atoms with E-state index in [1.54, 1.807) is 4.90 Å². The first-order valence-electron chi connectivity index (χ1n) is 6.60. The molecule has 19 heavy (non-hydrogen) atoms. The predicted octanol–water partition coefficient (Wildman–Crippen LogP) is 0.820. The zero-order valence-corrected chi connectivity index (χ0v) is 13.4. The molecule has 0 saturated carbocycles. The molecular formula is C12H25ClN2O3S. The van der Waals surface area contributed by atoms with Crippen LogP contribution in [0.3, 0.4) is 0 Å². The summed E-state index contributed by atoms with van der Waals surface area (Å²) in [4.78, 5) is 14.2. The maximum Gasteiger partial charge on any atom is 0.230 e. The number of nitrogens with two attached hydrogens (primary N) is 1. The average molecular weight is 313 g/mol. The SMILES string of the molecule is CCC(CC)(CN)C(=O)N1CCCS(=O)(=O)CC1.Cl. The first-order valence-corrected chi connectivity index (χ1v) is 8.43. The van der Waals surface area contributed by atoms with E-state index in [0.29, 0.717) is 38.9 Å². The number of hydrogen-bond acceptors (Lipinski definition) is 4. The van der Waals surface area contributed by atoms with Crippen molar-refractivity contribution in [3.8, 4) is 0 Å². The molecule has 0 radical (unpaired) electrons. The molecule has 1 saturated heterocycles. The van der Waals surface area contributed by atoms with Crippen molar-refractivity contribution in [2.24, 2.45) is 11.1 Å². The molecular weight excluding hydrogens is 288 g/mol. The number of carbonyl (C=O) groups is 1. The molecule has 1 rings (SSSR count). The summed E-state index contributed by atoms with van der Waals surface area (Å²) < 4.78 is 23.1. The van der Waals surface area contributed by atoms with E-state index in [4.69, 9.17) is 5.73 Å². The molecule has 0 spiro atoms. The van der Waals surface area contributed by atoms with E-state index in [-0.39, 0.29) is 29.8 Å². The summed E-state index contributed by atoms with van der Waals surface area (Å²) in [6.45, 7) is 5.08. The van der Waals surface area contributed by atoms with Gasteiger partial charge in [-0.2, -0.15) is 0 Å². The molecule has 1 fully saturated rings. The van der Waals surface area contributed by atoms with Crippen molar-refractivity contribution in [1.29, 1.82) is 0 Å². The van der Waals surface area contributed by atoms with E-state index < -0.39 is 15.3 Å². The number of carbonyl (C=O) groups excluding carboxylic acids is 1. The summed E-state index contributed by atoms with van der Waals surface area (Å²) in [5.74, 6) is 0.282. The maximum atomic E-state index is 12.5. The van der Waals surface area contributed by atoms with Crippen LogP contribution in [0.15, 0.2) is 0 Å². The molecule has 0 aromatic heterocycles. The van der Waals surface area contributed by atoms with Crippen LogP contribution in [0.1, 0.15) is 33.1 Å². The van der Waals surface area contributed by atoms with Gasteiger partial charge in [0.05, 0.1) is 16.9 Å². The quantitative estimate of drug-likeness (QED) is 0.833. The van der Waals surface area contributed by atoms with Crippen molar-refractivity contribution in [3.05, 3.63) is 0 Å². The Morgan fingerprint density at radius 3 is 2.26 bits per heavy atom. The number of nitrogens with zero attached hydrogens (tertiary/aromatic N) is 1. The van der Waals surface area contributed by atoms with Crippen LogP contribution in [0.2, 0.25) is 0 Å². The summed E-state index contributed by atoms with van der Waals surface area (Å²) in [6.07, 6.45) is 1.92. The Morgan fingerprint density at radius 2 is 1.79 bits per heavy atom. The minimum Gasteiger partial charge on any atom is -0.341 e. The van der Waals surface area contributed by atoms with E-state index in [2.05, 4.69) is 0 Å². The highest BCUT2D eigenvalue weighted by Crippen LogP contribution is 2.28. The third-order valence-corrected chi connectivity index (χ3v) is 5.76. The van der Waals surface area contributed by atoms with Crippen molar-refractivity contribution >= 4 is 28.2 Å². The van der Waals surface area contributed by atoms with Gasteiger partial charge in [0.1, 0.15) is 0 Å². The molecule has 0 atom stereocenters. The van der Waals surface area contributed by atoms with Gasteiger partial charge in [0, 0.05) is 19.6 Å². The number of sulfone groups is 1. The molecule has 1 aliphatic heterocycles. The van der Waals surface area contributed by atoms with Crippen molar-refractivity contribution < 1.29 is 13.2 Å². The molecule has 0 bridgehead atoms. The molecule has 1 aliphatic rings. The Morgan fingerprint density at radius 1 is 1.21 bits per heavy atom. The topological polar surface area (TPSA) is 80.5 Å². The van der Waals surface area contributed by atoms with E-state index in [1.807, 2.05) is 13.8 Å². The number of rotatable bonds is 4. The Kier molecular flexibility index (Phi) is 7.32. The summed E-state index contributed by atoms with van der Waals surface area (Å²) in [5.41, 5.74) is 5.24. The largest absolute Gasteiger partial charge is 0.341 e. The van der Waals surface area contributed by atoms with Crippen LogP contribution in [0.25, 0.3) is 0 Å². The fourth-order valence-electron chi connectivity index (χ4n) is 2.41. The number of amides is 1. The second kappa shape index (κ2) is 7.45. The number of halogens is 1. The lowest BCUT2D eigenvalue weighted by Gasteiger charge is -2.34. The standard InChI is InChI=1S/C12H24N2O3S.ClH/c1-3-12(4-2,10-13)11(15)14-6-5-8-18(16,17)9-7-14;/h3-10,13H2,1-2H3;1H. The van der Waals surface area contributed by atoms with Gasteiger partial charge >= 0.3 is 0 Å². The van der Waals surface area contributed by atoms with E-state index >= 15 is 0 Å². The summed E-state index contributed by atoms with van der Waals surface area (Å²) in [7, 11) is -2.98. The predicted molar refractivity (Wildman–Crippen MR) is 79.2 cm³/mol. The van der Waals surface area contributed by atoms with Crippen LogP contribution in [0.5, 0.6) is 0 Å². The van der Waals surface area contributed by atoms with Crippen molar-refractivity contribution in [1.82, 2.24) is 4.90 Å². The Balaban J connectivity index is 0.00000324. The Labute approximate surface area is 122 Å². The van der Waals surface area contributed by atoms with Crippen LogP contribution in [-0.2, 0) is 14.6 Å². The fourth-order valence-corrected chi connectivity index (χ4v) is 3.68. The summed E-state index contributed by atoms with van der Waals surface area (Å²) >= 11 is 0. The van der Waals surface area contributed by atoms with Gasteiger partial charge in [-0.3, -0.25) is 4.79 Å². The van der Waals surface area contributed by atoms with E-state index in [9.17, 15) is 13.2 Å². The molecule has 5 nitrogen and oxygen atoms in total. The molecule has 2 N–H and O–H groups in total. The molecule has 1 amide bonds. The number of hydrogen-bond donors (Lipinski definition) is 1. The summed E-state index contributed by atoms with van der Waals surface area (Å²) in [6, 6.07) is 0. The second-order valence-electron chi connectivity index (χ2n) is 4.99. The minimum absolute atomic E-state index is 0. The van der Waals surface area contributed by atoms with Gasteiger partial charge in [0.2, 0.25) is 5.91 Å². The average Bonchev–Trinajstić information content (AvgIpc) is 2.53. The second-order valence-corrected chi connectivity index (χ2v) is 7.29. The van der Waals surface area contributed by atoms with Crippen LogP contribution in [-0.4, -0.2) is 50.4 Å². The van der Waals surface area contributed by atoms with Crippen molar-refractivity contribution in [2.75, 3.05) is 31.1 Å². The molecule has 1 heterocycles. The van der Waals surface area contributed by atoms with Crippen molar-refractivity contribution in [2.45, 2.75) is 33.1 Å². The third-order valence-electron chi connectivity index (χ3n) is 4.04.